The van der Waals surface area contributed by atoms with Crippen LogP contribution < -0.4 is 0 Å². The summed E-state index contributed by atoms with van der Waals surface area (Å²) >= 11 is 0. The number of ether oxygens (including phenoxy) is 3. The Morgan fingerprint density at radius 2 is 0.645 bits per heavy atom. The van der Waals surface area contributed by atoms with Crippen LogP contribution in [-0.4, -0.2) is 66.5 Å². The first kappa shape index (κ1) is 72.9. The Morgan fingerprint density at radius 3 is 0.974 bits per heavy atom. The molecule has 0 heterocycles. The second-order valence-corrected chi connectivity index (χ2v) is 22.0. The van der Waals surface area contributed by atoms with Crippen LogP contribution in [0.2, 0.25) is 0 Å². The van der Waals surface area contributed by atoms with Gasteiger partial charge in [0.2, 0.25) is 0 Å². The van der Waals surface area contributed by atoms with Gasteiger partial charge in [0.05, 0.1) is 19.8 Å². The number of carbonyl (C=O) groups is 3. The van der Waals surface area contributed by atoms with Gasteiger partial charge in [-0.25, -0.2) is 4.57 Å². The standard InChI is InChI=1S/C64H113O11P/c1-4-7-10-13-16-19-22-25-28-30-33-35-38-41-44-47-50-53-62(66)71-57-61(75-64(68)55-52-49-46-43-40-37-34-31-29-26-23-20-17-14-11-8-5-2)59-73-76(69,70)72-58-60(56-65)74-63(67)54-51-48-45-42-39-36-32-27-24-21-18-15-12-9-6-3/h16-21,25-29,32,60-61,65H,4-15,22-24,30-31,33-59H2,1-3H3,(H,69,70)/b19-16-,20-17-,21-18-,28-25-,29-26-,32-27-. The number of phosphoric acid groups is 1. The normalized spacial score (nSPS) is 13.8. The first-order valence-electron chi connectivity index (χ1n) is 30.8. The maximum atomic E-state index is 12.9. The lowest BCUT2D eigenvalue weighted by Gasteiger charge is -2.21. The van der Waals surface area contributed by atoms with E-state index in [1.165, 1.54) is 103 Å². The molecule has 0 rings (SSSR count). The van der Waals surface area contributed by atoms with Crippen LogP contribution in [0, 0.1) is 0 Å². The first-order chi connectivity index (χ1) is 37.2. The molecular formula is C64H113O11P. The molecule has 0 radical (unpaired) electrons. The summed E-state index contributed by atoms with van der Waals surface area (Å²) in [5.41, 5.74) is 0. The number of esters is 3. The van der Waals surface area contributed by atoms with Crippen molar-refractivity contribution in [2.75, 3.05) is 26.4 Å². The molecule has 2 N–H and O–H groups in total. The van der Waals surface area contributed by atoms with Crippen molar-refractivity contribution in [2.24, 2.45) is 0 Å². The lowest BCUT2D eigenvalue weighted by atomic mass is 10.1. The first-order valence-corrected chi connectivity index (χ1v) is 32.3. The van der Waals surface area contributed by atoms with Gasteiger partial charge in [-0.2, -0.15) is 0 Å². The predicted octanol–water partition coefficient (Wildman–Crippen LogP) is 18.5. The van der Waals surface area contributed by atoms with Crippen LogP contribution in [0.3, 0.4) is 0 Å². The number of hydrogen-bond donors (Lipinski definition) is 2. The summed E-state index contributed by atoms with van der Waals surface area (Å²) in [4.78, 5) is 48.7. The van der Waals surface area contributed by atoms with Crippen LogP contribution in [0.25, 0.3) is 0 Å². The van der Waals surface area contributed by atoms with E-state index in [4.69, 9.17) is 23.3 Å². The molecule has 0 aliphatic carbocycles. The van der Waals surface area contributed by atoms with Gasteiger partial charge in [0.25, 0.3) is 0 Å². The summed E-state index contributed by atoms with van der Waals surface area (Å²) in [6.07, 6.45) is 65.6. The van der Waals surface area contributed by atoms with Gasteiger partial charge in [0.1, 0.15) is 12.7 Å². The highest BCUT2D eigenvalue weighted by atomic mass is 31.2. The average molecular weight is 1090 g/mol. The van der Waals surface area contributed by atoms with E-state index >= 15 is 0 Å². The number of aliphatic hydroxyl groups is 1. The molecule has 3 unspecified atom stereocenters. The molecule has 12 heteroatoms. The third kappa shape index (κ3) is 55.7. The van der Waals surface area contributed by atoms with Crippen LogP contribution >= 0.6 is 7.82 Å². The van der Waals surface area contributed by atoms with Crippen molar-refractivity contribution >= 4 is 25.7 Å². The van der Waals surface area contributed by atoms with Crippen LogP contribution in [0.1, 0.15) is 278 Å². The minimum absolute atomic E-state index is 0.155. The fourth-order valence-electron chi connectivity index (χ4n) is 8.33. The molecule has 0 bridgehead atoms. The molecule has 0 aromatic heterocycles. The lowest BCUT2D eigenvalue weighted by molar-refractivity contribution is -0.161. The molecule has 11 nitrogen and oxygen atoms in total. The van der Waals surface area contributed by atoms with Crippen LogP contribution in [0.5, 0.6) is 0 Å². The minimum Gasteiger partial charge on any atom is -0.462 e. The van der Waals surface area contributed by atoms with E-state index in [9.17, 15) is 28.9 Å². The Hall–Kier alpha value is -3.08. The molecular weight excluding hydrogens is 976 g/mol. The second kappa shape index (κ2) is 58.1. The molecule has 0 fully saturated rings. The molecule has 0 aromatic rings. The molecule has 0 aromatic carbocycles. The third-order valence-corrected chi connectivity index (χ3v) is 14.0. The quantitative estimate of drug-likeness (QED) is 0.0197. The van der Waals surface area contributed by atoms with E-state index < -0.39 is 57.8 Å². The summed E-state index contributed by atoms with van der Waals surface area (Å²) in [7, 11) is -4.76. The van der Waals surface area contributed by atoms with Gasteiger partial charge in [-0.1, -0.05) is 216 Å². The molecule has 440 valence electrons. The van der Waals surface area contributed by atoms with E-state index in [2.05, 4.69) is 93.7 Å². The van der Waals surface area contributed by atoms with E-state index in [0.29, 0.717) is 19.3 Å². The van der Waals surface area contributed by atoms with Crippen molar-refractivity contribution < 1.29 is 52.2 Å². The summed E-state index contributed by atoms with van der Waals surface area (Å²) < 4.78 is 39.6. The summed E-state index contributed by atoms with van der Waals surface area (Å²) in [5, 5.41) is 9.83. The monoisotopic (exact) mass is 1090 g/mol. The topological polar surface area (TPSA) is 155 Å². The molecule has 76 heavy (non-hydrogen) atoms. The van der Waals surface area contributed by atoms with Crippen molar-refractivity contribution in [1.82, 2.24) is 0 Å². The van der Waals surface area contributed by atoms with Gasteiger partial charge in [0, 0.05) is 19.3 Å². The Morgan fingerprint density at radius 1 is 0.368 bits per heavy atom. The van der Waals surface area contributed by atoms with Gasteiger partial charge < -0.3 is 24.2 Å². The molecule has 0 aliphatic heterocycles. The SMILES string of the molecule is CCCCC/C=C\C/C=C\CCCCCCCCCC(=O)OCC(COP(=O)(O)OCC(CO)OC(=O)CCCCCCC/C=C\C/C=C\CCCCC)OC(=O)CCCCCCCCC/C=C\C/C=C\CCCCC. The maximum absolute atomic E-state index is 12.9. The molecule has 0 aliphatic rings. The van der Waals surface area contributed by atoms with E-state index in [1.807, 2.05) is 0 Å². The molecule has 0 saturated carbocycles. The molecule has 0 saturated heterocycles. The average Bonchev–Trinajstić information content (AvgIpc) is 3.41. The highest BCUT2D eigenvalue weighted by Gasteiger charge is 2.28. The summed E-state index contributed by atoms with van der Waals surface area (Å²) in [6.45, 7) is 4.56. The zero-order valence-corrected chi connectivity index (χ0v) is 49.6. The second-order valence-electron chi connectivity index (χ2n) is 20.5. The van der Waals surface area contributed by atoms with Crippen molar-refractivity contribution in [1.29, 1.82) is 0 Å². The Balaban J connectivity index is 4.75. The van der Waals surface area contributed by atoms with Crippen molar-refractivity contribution in [3.05, 3.63) is 72.9 Å². The number of allylic oxidation sites excluding steroid dienone is 12. The largest absolute Gasteiger partial charge is 0.472 e. The number of hydrogen-bond acceptors (Lipinski definition) is 10. The third-order valence-electron chi connectivity index (χ3n) is 13.1. The van der Waals surface area contributed by atoms with Crippen molar-refractivity contribution in [3.63, 3.8) is 0 Å². The van der Waals surface area contributed by atoms with E-state index in [1.54, 1.807) is 0 Å². The molecule has 0 spiro atoms. The molecule has 0 amide bonds. The van der Waals surface area contributed by atoms with Crippen molar-refractivity contribution in [2.45, 2.75) is 290 Å². The van der Waals surface area contributed by atoms with Gasteiger partial charge >= 0.3 is 25.7 Å². The van der Waals surface area contributed by atoms with Crippen molar-refractivity contribution in [3.8, 4) is 0 Å². The smallest absolute Gasteiger partial charge is 0.462 e. The zero-order chi connectivity index (χ0) is 55.5. The van der Waals surface area contributed by atoms with Crippen LogP contribution in [0.15, 0.2) is 72.9 Å². The maximum Gasteiger partial charge on any atom is 0.472 e. The fourth-order valence-corrected chi connectivity index (χ4v) is 9.11. The Kier molecular flexibility index (Phi) is 55.7. The van der Waals surface area contributed by atoms with Crippen LogP contribution in [-0.2, 0) is 42.2 Å². The van der Waals surface area contributed by atoms with Crippen LogP contribution in [0.4, 0.5) is 0 Å². The number of unbranched alkanes of at least 4 members (excludes halogenated alkanes) is 28. The van der Waals surface area contributed by atoms with E-state index in [0.717, 1.165) is 116 Å². The Labute approximate surface area is 465 Å². The van der Waals surface area contributed by atoms with E-state index in [-0.39, 0.29) is 25.9 Å². The van der Waals surface area contributed by atoms with Gasteiger partial charge in [0.15, 0.2) is 6.10 Å². The van der Waals surface area contributed by atoms with Gasteiger partial charge in [-0.3, -0.25) is 23.4 Å². The summed E-state index contributed by atoms with van der Waals surface area (Å²) in [6, 6.07) is 0. The van der Waals surface area contributed by atoms with Gasteiger partial charge in [-0.05, 0) is 116 Å². The minimum atomic E-state index is -4.76. The number of rotatable bonds is 57. The highest BCUT2D eigenvalue weighted by Crippen LogP contribution is 2.43. The number of aliphatic hydroxyl groups excluding tert-OH is 1. The Bertz CT molecular complexity index is 1550. The number of phosphoric ester groups is 1. The predicted molar refractivity (Wildman–Crippen MR) is 316 cm³/mol. The molecule has 3 atom stereocenters. The zero-order valence-electron chi connectivity index (χ0n) is 48.7. The lowest BCUT2D eigenvalue weighted by Crippen LogP contribution is -2.30. The van der Waals surface area contributed by atoms with Gasteiger partial charge in [-0.15, -0.1) is 0 Å². The summed E-state index contributed by atoms with van der Waals surface area (Å²) in [5.74, 6) is -1.49. The fraction of sp³-hybridized carbons (Fsp3) is 0.766. The number of carbonyl (C=O) groups excluding carboxylic acids is 3. The highest BCUT2D eigenvalue weighted by molar-refractivity contribution is 7.47.